The predicted octanol–water partition coefficient (Wildman–Crippen LogP) is 2.46. The van der Waals surface area contributed by atoms with Crippen LogP contribution >= 0.6 is 0 Å². The second kappa shape index (κ2) is 4.37. The van der Waals surface area contributed by atoms with Gasteiger partial charge in [-0.05, 0) is 30.1 Å². The molecule has 1 atom stereocenters. The van der Waals surface area contributed by atoms with Crippen LogP contribution in [-0.2, 0) is 4.79 Å². The first kappa shape index (κ1) is 15.1. The highest BCUT2D eigenvalue weighted by molar-refractivity contribution is 5.87. The van der Waals surface area contributed by atoms with Crippen LogP contribution in [0.3, 0.4) is 0 Å². The second-order valence-corrected chi connectivity index (χ2v) is 7.27. The van der Waals surface area contributed by atoms with E-state index in [0.717, 1.165) is 6.42 Å². The van der Waals surface area contributed by atoms with Crippen LogP contribution in [0.15, 0.2) is 0 Å². The number of urea groups is 1. The molecule has 0 aromatic heterocycles. The van der Waals surface area contributed by atoms with Crippen LogP contribution in [-0.4, -0.2) is 40.1 Å². The highest BCUT2D eigenvalue weighted by Crippen LogP contribution is 2.62. The van der Waals surface area contributed by atoms with Crippen LogP contribution in [0.5, 0.6) is 0 Å². The molecule has 5 nitrogen and oxygen atoms in total. The maximum atomic E-state index is 12.5. The van der Waals surface area contributed by atoms with Crippen LogP contribution in [0.1, 0.15) is 53.9 Å². The van der Waals surface area contributed by atoms with Crippen molar-refractivity contribution in [2.45, 2.75) is 65.5 Å². The maximum absolute atomic E-state index is 12.5. The molecule has 1 saturated carbocycles. The fraction of sp³-hybridized carbons (Fsp3) is 0.867. The lowest BCUT2D eigenvalue weighted by Crippen LogP contribution is -2.56. The van der Waals surface area contributed by atoms with Gasteiger partial charge in [-0.3, -0.25) is 0 Å². The van der Waals surface area contributed by atoms with E-state index in [9.17, 15) is 14.7 Å². The number of rotatable bonds is 3. The van der Waals surface area contributed by atoms with E-state index >= 15 is 0 Å². The van der Waals surface area contributed by atoms with E-state index in [1.807, 2.05) is 6.92 Å². The zero-order valence-electron chi connectivity index (χ0n) is 13.1. The molecular weight excluding hydrogens is 256 g/mol. The summed E-state index contributed by atoms with van der Waals surface area (Å²) in [5.74, 6) is -0.887. The van der Waals surface area contributed by atoms with Crippen molar-refractivity contribution in [3.05, 3.63) is 0 Å². The molecule has 20 heavy (non-hydrogen) atoms. The number of amides is 2. The van der Waals surface area contributed by atoms with Gasteiger partial charge in [0.25, 0.3) is 0 Å². The third-order valence-corrected chi connectivity index (χ3v) is 6.01. The molecule has 1 aliphatic carbocycles. The monoisotopic (exact) mass is 282 g/mol. The van der Waals surface area contributed by atoms with Gasteiger partial charge in [-0.2, -0.15) is 0 Å². The lowest BCUT2D eigenvalue weighted by Gasteiger charge is -2.34. The molecule has 0 aromatic rings. The van der Waals surface area contributed by atoms with E-state index in [2.05, 4.69) is 33.0 Å². The number of carbonyl (C=O) groups is 2. The van der Waals surface area contributed by atoms with E-state index in [1.165, 1.54) is 4.90 Å². The zero-order chi connectivity index (χ0) is 15.3. The van der Waals surface area contributed by atoms with E-state index in [4.69, 9.17) is 0 Å². The number of carboxylic acid groups (broad SMARTS) is 1. The van der Waals surface area contributed by atoms with Crippen molar-refractivity contribution in [2.24, 2.45) is 10.8 Å². The Bertz CT molecular complexity index is 430. The summed E-state index contributed by atoms with van der Waals surface area (Å²) >= 11 is 0. The summed E-state index contributed by atoms with van der Waals surface area (Å²) < 4.78 is 0. The van der Waals surface area contributed by atoms with Gasteiger partial charge in [-0.1, -0.05) is 34.6 Å². The molecule has 0 bridgehead atoms. The van der Waals surface area contributed by atoms with Crippen molar-refractivity contribution < 1.29 is 14.7 Å². The molecule has 114 valence electrons. The molecule has 0 spiro atoms. The SMILES string of the molecule is CCC1(C(=O)O)CCCN1C(=O)NC1C(C)(C)C1(C)C. The first-order valence-electron chi connectivity index (χ1n) is 7.43. The highest BCUT2D eigenvalue weighted by Gasteiger charge is 2.66. The van der Waals surface area contributed by atoms with Crippen molar-refractivity contribution in [1.82, 2.24) is 10.2 Å². The third kappa shape index (κ3) is 1.82. The molecule has 0 aromatic carbocycles. The molecule has 1 unspecified atom stereocenters. The van der Waals surface area contributed by atoms with Gasteiger partial charge in [0.2, 0.25) is 0 Å². The van der Waals surface area contributed by atoms with Gasteiger partial charge >= 0.3 is 12.0 Å². The summed E-state index contributed by atoms with van der Waals surface area (Å²) in [5.41, 5.74) is -0.909. The van der Waals surface area contributed by atoms with Gasteiger partial charge in [0.1, 0.15) is 5.54 Å². The Hall–Kier alpha value is -1.26. The maximum Gasteiger partial charge on any atom is 0.329 e. The van der Waals surface area contributed by atoms with E-state index < -0.39 is 11.5 Å². The van der Waals surface area contributed by atoms with Gasteiger partial charge in [-0.15, -0.1) is 0 Å². The van der Waals surface area contributed by atoms with Gasteiger partial charge < -0.3 is 15.3 Å². The van der Waals surface area contributed by atoms with E-state index in [-0.39, 0.29) is 22.9 Å². The fourth-order valence-corrected chi connectivity index (χ4v) is 3.67. The molecule has 5 heteroatoms. The average molecular weight is 282 g/mol. The van der Waals surface area contributed by atoms with Crippen LogP contribution in [0.4, 0.5) is 4.79 Å². The minimum Gasteiger partial charge on any atom is -0.479 e. The smallest absolute Gasteiger partial charge is 0.329 e. The highest BCUT2D eigenvalue weighted by atomic mass is 16.4. The number of carboxylic acids is 1. The van der Waals surface area contributed by atoms with Gasteiger partial charge in [-0.25, -0.2) is 9.59 Å². The molecule has 0 radical (unpaired) electrons. The number of likely N-dealkylation sites (tertiary alicyclic amines) is 1. The lowest BCUT2D eigenvalue weighted by molar-refractivity contribution is -0.148. The van der Waals surface area contributed by atoms with Crippen molar-refractivity contribution in [3.8, 4) is 0 Å². The summed E-state index contributed by atoms with van der Waals surface area (Å²) in [6.45, 7) is 10.9. The Balaban J connectivity index is 2.12. The third-order valence-electron chi connectivity index (χ3n) is 6.01. The number of hydrogen-bond donors (Lipinski definition) is 2. The van der Waals surface area contributed by atoms with Crippen molar-refractivity contribution >= 4 is 12.0 Å². The summed E-state index contributed by atoms with van der Waals surface area (Å²) in [5, 5.41) is 12.6. The molecule has 2 N–H and O–H groups in total. The van der Waals surface area contributed by atoms with Gasteiger partial charge in [0, 0.05) is 12.6 Å². The summed E-state index contributed by atoms with van der Waals surface area (Å²) in [7, 11) is 0. The molecule has 2 rings (SSSR count). The lowest BCUT2D eigenvalue weighted by atomic mass is 9.93. The molecule has 2 fully saturated rings. The minimum absolute atomic E-state index is 0.0560. The van der Waals surface area contributed by atoms with Crippen LogP contribution < -0.4 is 5.32 Å². The number of hydrogen-bond acceptors (Lipinski definition) is 2. The summed E-state index contributed by atoms with van der Waals surface area (Å²) in [6, 6.07) is -0.123. The Morgan fingerprint density at radius 1 is 1.25 bits per heavy atom. The normalized spacial score (nSPS) is 31.1. The van der Waals surface area contributed by atoms with Crippen molar-refractivity contribution in [3.63, 3.8) is 0 Å². The topological polar surface area (TPSA) is 69.6 Å². The summed E-state index contributed by atoms with van der Waals surface area (Å²) in [6.07, 6.45) is 1.75. The van der Waals surface area contributed by atoms with Crippen molar-refractivity contribution in [2.75, 3.05) is 6.54 Å². The average Bonchev–Trinajstić information content (AvgIpc) is 2.75. The number of nitrogens with zero attached hydrogens (tertiary/aromatic N) is 1. The largest absolute Gasteiger partial charge is 0.479 e. The zero-order valence-corrected chi connectivity index (χ0v) is 13.1. The molecule has 1 aliphatic heterocycles. The first-order valence-corrected chi connectivity index (χ1v) is 7.43. The second-order valence-electron chi connectivity index (χ2n) is 7.27. The van der Waals surface area contributed by atoms with Crippen LogP contribution in [0.2, 0.25) is 0 Å². The van der Waals surface area contributed by atoms with Crippen LogP contribution in [0.25, 0.3) is 0 Å². The Morgan fingerprint density at radius 2 is 1.80 bits per heavy atom. The molecule has 1 saturated heterocycles. The van der Waals surface area contributed by atoms with Gasteiger partial charge in [0.15, 0.2) is 0 Å². The molecule has 2 aliphatic rings. The number of nitrogens with one attached hydrogen (secondary N) is 1. The number of aliphatic carboxylic acids is 1. The minimum atomic E-state index is -1.02. The van der Waals surface area contributed by atoms with Gasteiger partial charge in [0.05, 0.1) is 0 Å². The first-order chi connectivity index (χ1) is 9.11. The molecular formula is C15H26N2O3. The standard InChI is InChI=1S/C15H26N2O3/c1-6-15(11(18)19)8-7-9-17(15)12(20)16-10-13(2,3)14(10,4)5/h10H,6-9H2,1-5H3,(H,16,20)(H,18,19). The van der Waals surface area contributed by atoms with Crippen molar-refractivity contribution in [1.29, 1.82) is 0 Å². The summed E-state index contributed by atoms with van der Waals surface area (Å²) in [4.78, 5) is 25.6. The Labute approximate surface area is 120 Å². The molecule has 2 amide bonds. The Kier molecular flexibility index (Phi) is 3.30. The van der Waals surface area contributed by atoms with E-state index in [1.54, 1.807) is 0 Å². The predicted molar refractivity (Wildman–Crippen MR) is 76.5 cm³/mol. The quantitative estimate of drug-likeness (QED) is 0.835. The van der Waals surface area contributed by atoms with E-state index in [0.29, 0.717) is 19.4 Å². The number of carbonyl (C=O) groups excluding carboxylic acids is 1. The fourth-order valence-electron chi connectivity index (χ4n) is 3.67. The molecule has 1 heterocycles. The Morgan fingerprint density at radius 3 is 2.20 bits per heavy atom. The van der Waals surface area contributed by atoms with Crippen LogP contribution in [0, 0.1) is 10.8 Å².